The summed E-state index contributed by atoms with van der Waals surface area (Å²) >= 11 is 1.43. The predicted octanol–water partition coefficient (Wildman–Crippen LogP) is 3.34. The van der Waals surface area contributed by atoms with Crippen LogP contribution in [0.15, 0.2) is 63.6 Å². The van der Waals surface area contributed by atoms with E-state index in [9.17, 15) is 9.59 Å². The fraction of sp³-hybridized carbons (Fsp3) is 0.150. The Morgan fingerprint density at radius 2 is 2.07 bits per heavy atom. The molecule has 0 fully saturated rings. The molecule has 0 bridgehead atoms. The van der Waals surface area contributed by atoms with Crippen LogP contribution in [0.5, 0.6) is 0 Å². The monoisotopic (exact) mass is 379 g/mol. The Bertz CT molecular complexity index is 1140. The number of amides is 1. The third-order valence-electron chi connectivity index (χ3n) is 4.28. The van der Waals surface area contributed by atoms with Gasteiger partial charge in [-0.15, -0.1) is 11.3 Å². The maximum absolute atomic E-state index is 13.0. The first-order chi connectivity index (χ1) is 13.1. The lowest BCUT2D eigenvalue weighted by Gasteiger charge is -2.07. The minimum absolute atomic E-state index is 0.0916. The molecule has 0 radical (unpaired) electrons. The maximum Gasteiger partial charge on any atom is 0.263 e. The fourth-order valence-corrected chi connectivity index (χ4v) is 3.74. The standard InChI is InChI=1S/C20H17N3O3S/c1-13-4-6-14(7-5-13)16-11-27-19-18(16)20(25)23(12-22-19)10-17(24)21-9-15-3-2-8-26-15/h2-8,11-12H,9-10H2,1H3,(H,21,24). The Morgan fingerprint density at radius 3 is 2.81 bits per heavy atom. The molecule has 27 heavy (non-hydrogen) atoms. The Balaban J connectivity index is 1.61. The van der Waals surface area contributed by atoms with Crippen molar-refractivity contribution >= 4 is 27.5 Å². The van der Waals surface area contributed by atoms with Crippen LogP contribution in [0.2, 0.25) is 0 Å². The van der Waals surface area contributed by atoms with Crippen LogP contribution in [0.25, 0.3) is 21.3 Å². The van der Waals surface area contributed by atoms with E-state index in [0.29, 0.717) is 16.0 Å². The van der Waals surface area contributed by atoms with Crippen LogP contribution >= 0.6 is 11.3 Å². The van der Waals surface area contributed by atoms with Gasteiger partial charge in [-0.1, -0.05) is 29.8 Å². The van der Waals surface area contributed by atoms with Gasteiger partial charge in [0.15, 0.2) is 0 Å². The number of carbonyl (C=O) groups excluding carboxylic acids is 1. The van der Waals surface area contributed by atoms with Gasteiger partial charge in [-0.3, -0.25) is 14.2 Å². The zero-order valence-corrected chi connectivity index (χ0v) is 15.5. The van der Waals surface area contributed by atoms with Gasteiger partial charge in [0.2, 0.25) is 5.91 Å². The van der Waals surface area contributed by atoms with Crippen molar-refractivity contribution in [1.29, 1.82) is 0 Å². The van der Waals surface area contributed by atoms with Gasteiger partial charge in [-0.25, -0.2) is 4.98 Å². The highest BCUT2D eigenvalue weighted by Gasteiger charge is 2.14. The molecule has 4 rings (SSSR count). The average Bonchev–Trinajstić information content (AvgIpc) is 3.33. The molecule has 3 heterocycles. The quantitative estimate of drug-likeness (QED) is 0.577. The summed E-state index contributed by atoms with van der Waals surface area (Å²) in [7, 11) is 0. The van der Waals surface area contributed by atoms with Gasteiger partial charge in [-0.2, -0.15) is 0 Å². The fourth-order valence-electron chi connectivity index (χ4n) is 2.84. The van der Waals surface area contributed by atoms with Gasteiger partial charge >= 0.3 is 0 Å². The molecule has 3 aromatic heterocycles. The van der Waals surface area contributed by atoms with Gasteiger partial charge < -0.3 is 9.73 Å². The van der Waals surface area contributed by atoms with E-state index in [-0.39, 0.29) is 24.6 Å². The van der Waals surface area contributed by atoms with Crippen molar-refractivity contribution in [2.24, 2.45) is 0 Å². The molecule has 1 amide bonds. The second kappa shape index (κ2) is 7.20. The molecule has 136 valence electrons. The molecule has 0 atom stereocenters. The van der Waals surface area contributed by atoms with E-state index in [1.165, 1.54) is 22.2 Å². The lowest BCUT2D eigenvalue weighted by Crippen LogP contribution is -2.32. The third kappa shape index (κ3) is 3.54. The first kappa shape index (κ1) is 17.2. The van der Waals surface area contributed by atoms with E-state index in [1.807, 2.05) is 36.6 Å². The van der Waals surface area contributed by atoms with Crippen LogP contribution < -0.4 is 10.9 Å². The highest BCUT2D eigenvalue weighted by Crippen LogP contribution is 2.30. The van der Waals surface area contributed by atoms with Gasteiger partial charge in [0, 0.05) is 10.9 Å². The smallest absolute Gasteiger partial charge is 0.263 e. The molecule has 4 aromatic rings. The maximum atomic E-state index is 13.0. The SMILES string of the molecule is Cc1ccc(-c2csc3ncn(CC(=O)NCc4ccco4)c(=O)c23)cc1. The zero-order chi connectivity index (χ0) is 18.8. The van der Waals surface area contributed by atoms with E-state index in [0.717, 1.165) is 16.7 Å². The molecule has 0 unspecified atom stereocenters. The second-order valence-electron chi connectivity index (χ2n) is 6.23. The topological polar surface area (TPSA) is 77.1 Å². The number of nitrogens with one attached hydrogen (secondary N) is 1. The predicted molar refractivity (Wildman–Crippen MR) is 105 cm³/mol. The number of rotatable bonds is 5. The van der Waals surface area contributed by atoms with Crippen LogP contribution in [0.1, 0.15) is 11.3 Å². The van der Waals surface area contributed by atoms with Gasteiger partial charge in [0.1, 0.15) is 17.1 Å². The van der Waals surface area contributed by atoms with Crippen LogP contribution in [0.4, 0.5) is 0 Å². The largest absolute Gasteiger partial charge is 0.467 e. The summed E-state index contributed by atoms with van der Waals surface area (Å²) in [4.78, 5) is 30.2. The van der Waals surface area contributed by atoms with Gasteiger partial charge in [-0.05, 0) is 24.6 Å². The summed E-state index contributed by atoms with van der Waals surface area (Å²) < 4.78 is 6.52. The summed E-state index contributed by atoms with van der Waals surface area (Å²) in [5, 5.41) is 5.22. The number of aryl methyl sites for hydroxylation is 1. The van der Waals surface area contributed by atoms with Crippen LogP contribution in [0, 0.1) is 6.92 Å². The highest BCUT2D eigenvalue weighted by atomic mass is 32.1. The molecular weight excluding hydrogens is 362 g/mol. The first-order valence-corrected chi connectivity index (χ1v) is 9.32. The summed E-state index contributed by atoms with van der Waals surface area (Å²) in [6.45, 7) is 2.21. The number of carbonyl (C=O) groups is 1. The number of thiophene rings is 1. The number of fused-ring (bicyclic) bond motifs is 1. The number of benzene rings is 1. The second-order valence-corrected chi connectivity index (χ2v) is 7.09. The van der Waals surface area contributed by atoms with Crippen molar-refractivity contribution in [3.63, 3.8) is 0 Å². The number of hydrogen-bond acceptors (Lipinski definition) is 5. The van der Waals surface area contributed by atoms with E-state index >= 15 is 0 Å². The lowest BCUT2D eigenvalue weighted by atomic mass is 10.1. The van der Waals surface area contributed by atoms with E-state index in [1.54, 1.807) is 18.4 Å². The van der Waals surface area contributed by atoms with Gasteiger partial charge in [0.05, 0.1) is 24.5 Å². The van der Waals surface area contributed by atoms with Crippen molar-refractivity contribution in [3.05, 3.63) is 76.0 Å². The molecular formula is C20H17N3O3S. The molecule has 1 N–H and O–H groups in total. The van der Waals surface area contributed by atoms with E-state index in [4.69, 9.17) is 4.42 Å². The van der Waals surface area contributed by atoms with Crippen molar-refractivity contribution in [1.82, 2.24) is 14.9 Å². The molecule has 0 aliphatic rings. The minimum Gasteiger partial charge on any atom is -0.467 e. The van der Waals surface area contributed by atoms with Crippen LogP contribution in [-0.2, 0) is 17.9 Å². The van der Waals surface area contributed by atoms with E-state index < -0.39 is 0 Å². The Hall–Kier alpha value is -3.19. The average molecular weight is 379 g/mol. The number of hydrogen-bond donors (Lipinski definition) is 1. The van der Waals surface area contributed by atoms with Crippen molar-refractivity contribution in [2.45, 2.75) is 20.0 Å². The molecule has 0 saturated heterocycles. The minimum atomic E-state index is -0.276. The van der Waals surface area contributed by atoms with Crippen LogP contribution in [-0.4, -0.2) is 15.5 Å². The Morgan fingerprint density at radius 1 is 1.26 bits per heavy atom. The summed E-state index contributed by atoms with van der Waals surface area (Å²) in [5.74, 6) is 0.380. The van der Waals surface area contributed by atoms with Crippen molar-refractivity contribution in [2.75, 3.05) is 0 Å². The summed E-state index contributed by atoms with van der Waals surface area (Å²) in [5.41, 5.74) is 2.75. The summed E-state index contributed by atoms with van der Waals surface area (Å²) in [6, 6.07) is 11.5. The number of aromatic nitrogens is 2. The molecule has 0 spiro atoms. The number of nitrogens with zero attached hydrogens (tertiary/aromatic N) is 2. The molecule has 6 nitrogen and oxygen atoms in total. The summed E-state index contributed by atoms with van der Waals surface area (Å²) in [6.07, 6.45) is 2.97. The van der Waals surface area contributed by atoms with Crippen molar-refractivity contribution in [3.8, 4) is 11.1 Å². The Kier molecular flexibility index (Phi) is 4.60. The zero-order valence-electron chi connectivity index (χ0n) is 14.6. The van der Waals surface area contributed by atoms with E-state index in [2.05, 4.69) is 10.3 Å². The highest BCUT2D eigenvalue weighted by molar-refractivity contribution is 7.17. The molecule has 7 heteroatoms. The lowest BCUT2D eigenvalue weighted by molar-refractivity contribution is -0.122. The molecule has 0 aliphatic carbocycles. The third-order valence-corrected chi connectivity index (χ3v) is 5.16. The normalized spacial score (nSPS) is 11.0. The molecule has 0 aliphatic heterocycles. The van der Waals surface area contributed by atoms with Gasteiger partial charge in [0.25, 0.3) is 5.56 Å². The Labute approximate surface area is 159 Å². The first-order valence-electron chi connectivity index (χ1n) is 8.44. The van der Waals surface area contributed by atoms with Crippen LogP contribution in [0.3, 0.4) is 0 Å². The molecule has 1 aromatic carbocycles. The number of furan rings is 1. The molecule has 0 saturated carbocycles. The van der Waals surface area contributed by atoms with Crippen molar-refractivity contribution < 1.29 is 9.21 Å².